The van der Waals surface area contributed by atoms with Crippen LogP contribution >= 0.6 is 11.8 Å². The molecule has 0 aliphatic carbocycles. The smallest absolute Gasteiger partial charge is 0.255 e. The monoisotopic (exact) mass is 548 g/mol. The molecule has 1 amide bonds. The molecule has 0 spiro atoms. The maximum Gasteiger partial charge on any atom is 0.255 e. The minimum absolute atomic E-state index is 0.113. The molecule has 0 fully saturated rings. The van der Waals surface area contributed by atoms with Crippen LogP contribution in [0.2, 0.25) is 0 Å². The van der Waals surface area contributed by atoms with Crippen LogP contribution in [0.4, 0.5) is 11.4 Å². The van der Waals surface area contributed by atoms with Crippen LogP contribution in [0.1, 0.15) is 42.0 Å². The number of ether oxygens (including phenoxy) is 2. The molecule has 1 aliphatic heterocycles. The summed E-state index contributed by atoms with van der Waals surface area (Å²) in [5, 5.41) is 18.5. The van der Waals surface area contributed by atoms with Crippen molar-refractivity contribution in [1.29, 1.82) is 5.41 Å². The topological polar surface area (TPSA) is 135 Å². The Balaban J connectivity index is 1.38. The van der Waals surface area contributed by atoms with Gasteiger partial charge in [0, 0.05) is 27.6 Å². The number of fused-ring (bicyclic) bond motifs is 1. The Hall–Kier alpha value is -3.85. The van der Waals surface area contributed by atoms with Crippen LogP contribution in [0, 0.1) is 26.2 Å². The Morgan fingerprint density at radius 3 is 2.26 bits per heavy atom. The molecular formula is C30H36N4O4S. The molecule has 1 aliphatic rings. The van der Waals surface area contributed by atoms with Gasteiger partial charge in [-0.15, -0.1) is 11.8 Å². The van der Waals surface area contributed by atoms with Gasteiger partial charge in [-0.1, -0.05) is 0 Å². The molecule has 3 aromatic rings. The molecule has 8 nitrogen and oxygen atoms in total. The Morgan fingerprint density at radius 1 is 1.05 bits per heavy atom. The number of phenolic OH excluding ortho intramolecular Hbond substituents is 1. The van der Waals surface area contributed by atoms with E-state index in [1.54, 1.807) is 40.9 Å². The number of nitrogens with two attached hydrogens (primary N) is 2. The first kappa shape index (κ1) is 28.2. The third-order valence-corrected chi connectivity index (χ3v) is 8.32. The van der Waals surface area contributed by atoms with Crippen LogP contribution < -0.4 is 25.8 Å². The van der Waals surface area contributed by atoms with E-state index < -0.39 is 5.91 Å². The molecule has 1 unspecified atom stereocenters. The average Bonchev–Trinajstić information content (AvgIpc) is 2.91. The first-order chi connectivity index (χ1) is 18.5. The minimum Gasteiger partial charge on any atom is -0.507 e. The van der Waals surface area contributed by atoms with Crippen LogP contribution in [0.25, 0.3) is 0 Å². The first-order valence-corrected chi connectivity index (χ1v) is 13.9. The Kier molecular flexibility index (Phi) is 8.30. The lowest BCUT2D eigenvalue weighted by Gasteiger charge is -2.38. The summed E-state index contributed by atoms with van der Waals surface area (Å²) in [6.45, 7) is 7.90. The Morgan fingerprint density at radius 2 is 1.67 bits per heavy atom. The van der Waals surface area contributed by atoms with Crippen molar-refractivity contribution in [3.63, 3.8) is 0 Å². The second kappa shape index (κ2) is 11.5. The number of guanidine groups is 1. The van der Waals surface area contributed by atoms with Crippen molar-refractivity contribution in [3.05, 3.63) is 70.8 Å². The number of carbonyl (C=O) groups excluding carboxylic acids is 1. The number of nitrogens with one attached hydrogen (secondary N) is 1. The van der Waals surface area contributed by atoms with Gasteiger partial charge >= 0.3 is 0 Å². The van der Waals surface area contributed by atoms with E-state index in [9.17, 15) is 9.90 Å². The van der Waals surface area contributed by atoms with Gasteiger partial charge in [0.15, 0.2) is 12.6 Å². The van der Waals surface area contributed by atoms with Crippen LogP contribution in [0.3, 0.4) is 0 Å². The van der Waals surface area contributed by atoms with Gasteiger partial charge in [-0.05, 0) is 112 Å². The number of benzene rings is 3. The van der Waals surface area contributed by atoms with Crippen molar-refractivity contribution >= 4 is 35.0 Å². The molecule has 9 heteroatoms. The van der Waals surface area contributed by atoms with E-state index in [-0.39, 0.29) is 18.2 Å². The maximum atomic E-state index is 10.9. The maximum absolute atomic E-state index is 10.9. The van der Waals surface area contributed by atoms with Crippen molar-refractivity contribution in [2.45, 2.75) is 57.5 Å². The number of nitrogens with zero attached hydrogens (tertiary/aromatic N) is 1. The second-order valence-corrected chi connectivity index (χ2v) is 11.3. The fraction of sp³-hybridized carbons (Fsp3) is 0.333. The normalized spacial score (nSPS) is 16.2. The fourth-order valence-corrected chi connectivity index (χ4v) is 5.92. The zero-order valence-electron chi connectivity index (χ0n) is 22.8. The van der Waals surface area contributed by atoms with Gasteiger partial charge in [-0.3, -0.25) is 15.1 Å². The number of rotatable bonds is 9. The van der Waals surface area contributed by atoms with Crippen molar-refractivity contribution in [2.75, 3.05) is 17.3 Å². The Bertz CT molecular complexity index is 1380. The highest BCUT2D eigenvalue weighted by Crippen LogP contribution is 2.44. The molecule has 39 heavy (non-hydrogen) atoms. The summed E-state index contributed by atoms with van der Waals surface area (Å²) in [6.07, 6.45) is 2.69. The number of carbonyl (C=O) groups is 1. The largest absolute Gasteiger partial charge is 0.507 e. The number of thioether (sulfide) groups is 1. The number of amides is 1. The number of phenols is 1. The fourth-order valence-electron chi connectivity index (χ4n) is 4.82. The minimum atomic E-state index is -0.547. The number of aromatic hydroxyl groups is 1. The van der Waals surface area contributed by atoms with Crippen molar-refractivity contribution in [2.24, 2.45) is 11.5 Å². The van der Waals surface area contributed by atoms with Gasteiger partial charge in [-0.25, -0.2) is 0 Å². The van der Waals surface area contributed by atoms with Crippen LogP contribution in [-0.4, -0.2) is 34.9 Å². The predicted octanol–water partition coefficient (Wildman–Crippen LogP) is 5.48. The lowest BCUT2D eigenvalue weighted by Crippen LogP contribution is -2.37. The molecule has 3 aromatic carbocycles. The quantitative estimate of drug-likeness (QED) is 0.158. The molecule has 0 aromatic heterocycles. The third-order valence-electron chi connectivity index (χ3n) is 7.30. The van der Waals surface area contributed by atoms with Gasteiger partial charge in [0.1, 0.15) is 22.8 Å². The molecule has 0 saturated carbocycles. The summed E-state index contributed by atoms with van der Waals surface area (Å²) in [5.74, 6) is 2.05. The van der Waals surface area contributed by atoms with Crippen LogP contribution in [0.5, 0.6) is 17.2 Å². The van der Waals surface area contributed by atoms with Gasteiger partial charge in [-0.2, -0.15) is 0 Å². The summed E-state index contributed by atoms with van der Waals surface area (Å²) in [5.41, 5.74) is 16.2. The molecule has 206 valence electrons. The summed E-state index contributed by atoms with van der Waals surface area (Å²) >= 11 is 1.76. The highest BCUT2D eigenvalue weighted by atomic mass is 32.2. The van der Waals surface area contributed by atoms with Crippen molar-refractivity contribution < 1.29 is 19.4 Å². The van der Waals surface area contributed by atoms with E-state index in [1.165, 1.54) is 0 Å². The zero-order valence-corrected chi connectivity index (χ0v) is 23.7. The number of hydrogen-bond acceptors (Lipinski definition) is 6. The van der Waals surface area contributed by atoms with E-state index in [4.69, 9.17) is 26.4 Å². The average molecular weight is 549 g/mol. The summed E-state index contributed by atoms with van der Waals surface area (Å²) in [6, 6.07) is 14.9. The number of primary amides is 1. The van der Waals surface area contributed by atoms with E-state index in [0.29, 0.717) is 17.2 Å². The molecule has 0 bridgehead atoms. The highest BCUT2D eigenvalue weighted by Gasteiger charge is 2.34. The standard InChI is InChI=1S/C30H36N4O4S/c1-18-19(2)28-25(20(3)27(18)36)13-14-30(4,38-28)15-16-39-24-11-7-22(8-12-24)34(29(32)33)21-5-9-23(10-6-21)37-17-26(31)35/h5-12,36H,13-17H2,1-4H3,(H2,31,35)(H3,32,33). The van der Waals surface area contributed by atoms with Crippen LogP contribution in [-0.2, 0) is 11.2 Å². The van der Waals surface area contributed by atoms with Crippen molar-refractivity contribution in [3.8, 4) is 17.2 Å². The van der Waals surface area contributed by atoms with Gasteiger partial charge in [0.05, 0.1) is 0 Å². The molecular weight excluding hydrogens is 512 g/mol. The van der Waals surface area contributed by atoms with E-state index in [0.717, 1.165) is 63.6 Å². The van der Waals surface area contributed by atoms with E-state index in [2.05, 4.69) is 6.92 Å². The molecule has 1 atom stereocenters. The zero-order chi connectivity index (χ0) is 28.3. The van der Waals surface area contributed by atoms with E-state index >= 15 is 0 Å². The SMILES string of the molecule is Cc1c(C)c2c(c(C)c1O)CCC(C)(CCSc1ccc(N(C(=N)N)c3ccc(OCC(N)=O)cc3)cc1)O2. The molecule has 0 radical (unpaired) electrons. The van der Waals surface area contributed by atoms with Crippen LogP contribution in [0.15, 0.2) is 53.4 Å². The molecule has 1 heterocycles. The predicted molar refractivity (Wildman–Crippen MR) is 157 cm³/mol. The molecule has 4 rings (SSSR count). The Labute approximate surface area is 233 Å². The van der Waals surface area contributed by atoms with E-state index in [1.807, 2.05) is 45.0 Å². The lowest BCUT2D eigenvalue weighted by atomic mass is 9.86. The molecule has 0 saturated heterocycles. The summed E-state index contributed by atoms with van der Waals surface area (Å²) in [7, 11) is 0. The van der Waals surface area contributed by atoms with Gasteiger partial charge in [0.25, 0.3) is 5.91 Å². The lowest BCUT2D eigenvalue weighted by molar-refractivity contribution is -0.119. The van der Waals surface area contributed by atoms with Gasteiger partial charge < -0.3 is 26.0 Å². The van der Waals surface area contributed by atoms with Gasteiger partial charge in [0.2, 0.25) is 0 Å². The van der Waals surface area contributed by atoms with Crippen molar-refractivity contribution in [1.82, 2.24) is 0 Å². The highest BCUT2D eigenvalue weighted by molar-refractivity contribution is 7.99. The third kappa shape index (κ3) is 6.25. The number of anilines is 2. The number of hydrogen-bond donors (Lipinski definition) is 4. The summed E-state index contributed by atoms with van der Waals surface area (Å²) < 4.78 is 11.9. The molecule has 6 N–H and O–H groups in total. The summed E-state index contributed by atoms with van der Waals surface area (Å²) in [4.78, 5) is 13.7. The first-order valence-electron chi connectivity index (χ1n) is 12.9. The second-order valence-electron chi connectivity index (χ2n) is 10.1.